The number of rotatable bonds is 0. The highest BCUT2D eigenvalue weighted by atomic mass is 16.1. The summed E-state index contributed by atoms with van der Waals surface area (Å²) in [6.07, 6.45) is 0.508. The van der Waals surface area contributed by atoms with Gasteiger partial charge in [-0.05, 0) is 6.92 Å². The molecule has 1 aromatic heterocycles. The van der Waals surface area contributed by atoms with Gasteiger partial charge in [-0.25, -0.2) is 0 Å². The molecule has 2 N–H and O–H groups in total. The molecule has 0 saturated heterocycles. The topological polar surface area (TPSA) is 59.0 Å². The maximum Gasteiger partial charge on any atom is 0.226 e. The average molecular weight is 180 g/mol. The monoisotopic (exact) mass is 180 g/mol. The lowest BCUT2D eigenvalue weighted by Gasteiger charge is -2.02. The molecule has 1 aliphatic heterocycles. The van der Waals surface area contributed by atoms with Gasteiger partial charge in [-0.2, -0.15) is 5.10 Å². The van der Waals surface area contributed by atoms with E-state index in [1.165, 1.54) is 0 Å². The maximum absolute atomic E-state index is 11.2. The van der Waals surface area contributed by atoms with Crippen LogP contribution in [0.4, 0.5) is 11.5 Å². The van der Waals surface area contributed by atoms with E-state index >= 15 is 0 Å². The van der Waals surface area contributed by atoms with Crippen molar-refractivity contribution in [1.29, 1.82) is 0 Å². The first-order valence-corrected chi connectivity index (χ1v) is 4.26. The van der Waals surface area contributed by atoms with Gasteiger partial charge in [0.1, 0.15) is 11.5 Å². The van der Waals surface area contributed by atoms with Crippen LogP contribution in [-0.4, -0.2) is 22.2 Å². The third-order valence-electron chi connectivity index (χ3n) is 2.13. The highest BCUT2D eigenvalue weighted by molar-refractivity contribution is 5.96. The van der Waals surface area contributed by atoms with Crippen LogP contribution in [0.5, 0.6) is 0 Å². The molecule has 13 heavy (non-hydrogen) atoms. The van der Waals surface area contributed by atoms with E-state index in [0.29, 0.717) is 13.0 Å². The van der Waals surface area contributed by atoms with Crippen molar-refractivity contribution in [2.75, 3.05) is 17.2 Å². The number of carbonyl (C=O) groups is 1. The van der Waals surface area contributed by atoms with Gasteiger partial charge in [-0.1, -0.05) is 0 Å². The Bertz CT molecular complexity index is 355. The van der Waals surface area contributed by atoms with Crippen LogP contribution < -0.4 is 10.6 Å². The Morgan fingerprint density at radius 2 is 2.31 bits per heavy atom. The highest BCUT2D eigenvalue weighted by Crippen LogP contribution is 2.26. The number of nitrogens with zero attached hydrogens (tertiary/aromatic N) is 2. The van der Waals surface area contributed by atoms with Gasteiger partial charge in [0.05, 0.1) is 5.69 Å². The number of fused-ring (bicyclic) bond motifs is 1. The molecule has 0 spiro atoms. The molecule has 0 unspecified atom stereocenters. The molecule has 5 nitrogen and oxygen atoms in total. The van der Waals surface area contributed by atoms with Gasteiger partial charge in [0.15, 0.2) is 0 Å². The summed E-state index contributed by atoms with van der Waals surface area (Å²) in [5.41, 5.74) is 1.66. The van der Waals surface area contributed by atoms with Crippen molar-refractivity contribution in [1.82, 2.24) is 9.78 Å². The first-order chi connectivity index (χ1) is 6.18. The van der Waals surface area contributed by atoms with E-state index in [1.807, 2.05) is 14.0 Å². The van der Waals surface area contributed by atoms with Crippen molar-refractivity contribution >= 4 is 17.4 Å². The largest absolute Gasteiger partial charge is 0.368 e. The van der Waals surface area contributed by atoms with Crippen molar-refractivity contribution < 1.29 is 4.79 Å². The molecule has 0 radical (unpaired) electrons. The molecule has 1 aliphatic rings. The molecule has 0 aromatic carbocycles. The summed E-state index contributed by atoms with van der Waals surface area (Å²) in [5.74, 6) is 0.936. The fourth-order valence-corrected chi connectivity index (χ4v) is 1.51. The minimum absolute atomic E-state index is 0.0438. The summed E-state index contributed by atoms with van der Waals surface area (Å²) in [6.45, 7) is 2.55. The standard InChI is InChI=1S/C8H12N4O/c1-5-7-8(12(2)11-5)9-4-3-6(13)10-7/h9H,3-4H2,1-2H3,(H,10,13). The van der Waals surface area contributed by atoms with Gasteiger partial charge in [0, 0.05) is 20.0 Å². The molecule has 0 aliphatic carbocycles. The Morgan fingerprint density at radius 1 is 1.54 bits per heavy atom. The molecule has 2 rings (SSSR count). The molecule has 70 valence electrons. The number of aryl methyl sites for hydroxylation is 2. The molecular weight excluding hydrogens is 168 g/mol. The minimum Gasteiger partial charge on any atom is -0.368 e. The van der Waals surface area contributed by atoms with Crippen LogP contribution in [0.3, 0.4) is 0 Å². The summed E-state index contributed by atoms with van der Waals surface area (Å²) < 4.78 is 1.75. The maximum atomic E-state index is 11.2. The fraction of sp³-hybridized carbons (Fsp3) is 0.500. The van der Waals surface area contributed by atoms with Crippen LogP contribution in [0.25, 0.3) is 0 Å². The van der Waals surface area contributed by atoms with Crippen molar-refractivity contribution in [3.8, 4) is 0 Å². The molecule has 0 saturated carbocycles. The second-order valence-electron chi connectivity index (χ2n) is 3.16. The molecule has 0 fully saturated rings. The van der Waals surface area contributed by atoms with Crippen LogP contribution in [0.15, 0.2) is 0 Å². The summed E-state index contributed by atoms with van der Waals surface area (Å²) >= 11 is 0. The van der Waals surface area contributed by atoms with Gasteiger partial charge in [-0.15, -0.1) is 0 Å². The smallest absolute Gasteiger partial charge is 0.226 e. The third-order valence-corrected chi connectivity index (χ3v) is 2.13. The Hall–Kier alpha value is -1.52. The Labute approximate surface area is 76.1 Å². The predicted molar refractivity (Wildman–Crippen MR) is 49.7 cm³/mol. The Morgan fingerprint density at radius 3 is 3.08 bits per heavy atom. The zero-order valence-corrected chi connectivity index (χ0v) is 7.72. The summed E-state index contributed by atoms with van der Waals surface area (Å²) in [4.78, 5) is 11.2. The summed E-state index contributed by atoms with van der Waals surface area (Å²) in [5, 5.41) is 10.2. The zero-order valence-electron chi connectivity index (χ0n) is 7.72. The summed E-state index contributed by atoms with van der Waals surface area (Å²) in [6, 6.07) is 0. The Kier molecular flexibility index (Phi) is 1.72. The highest BCUT2D eigenvalue weighted by Gasteiger charge is 2.18. The fourth-order valence-electron chi connectivity index (χ4n) is 1.51. The van der Waals surface area contributed by atoms with Gasteiger partial charge in [-0.3, -0.25) is 9.48 Å². The number of aromatic nitrogens is 2. The quantitative estimate of drug-likeness (QED) is 0.610. The van der Waals surface area contributed by atoms with Crippen molar-refractivity contribution in [2.24, 2.45) is 7.05 Å². The SMILES string of the molecule is Cc1nn(C)c2c1NC(=O)CCN2. The summed E-state index contributed by atoms with van der Waals surface area (Å²) in [7, 11) is 1.86. The molecule has 1 aromatic rings. The number of amides is 1. The second kappa shape index (κ2) is 2.76. The molecular formula is C8H12N4O. The van der Waals surface area contributed by atoms with Crippen LogP contribution >= 0.6 is 0 Å². The van der Waals surface area contributed by atoms with E-state index in [2.05, 4.69) is 15.7 Å². The molecule has 2 heterocycles. The van der Waals surface area contributed by atoms with Crippen LogP contribution in [0, 0.1) is 6.92 Å². The van der Waals surface area contributed by atoms with Crippen molar-refractivity contribution in [3.63, 3.8) is 0 Å². The molecule has 0 atom stereocenters. The Balaban J connectivity index is 2.47. The van der Waals surface area contributed by atoms with Crippen molar-refractivity contribution in [3.05, 3.63) is 5.69 Å². The minimum atomic E-state index is 0.0438. The lowest BCUT2D eigenvalue weighted by Crippen LogP contribution is -2.12. The average Bonchev–Trinajstić information content (AvgIpc) is 2.28. The lowest BCUT2D eigenvalue weighted by molar-refractivity contribution is -0.115. The van der Waals surface area contributed by atoms with Gasteiger partial charge in [0.25, 0.3) is 0 Å². The zero-order chi connectivity index (χ0) is 9.42. The van der Waals surface area contributed by atoms with Gasteiger partial charge >= 0.3 is 0 Å². The van der Waals surface area contributed by atoms with Crippen LogP contribution in [0.2, 0.25) is 0 Å². The number of hydrogen-bond acceptors (Lipinski definition) is 3. The first-order valence-electron chi connectivity index (χ1n) is 4.26. The number of carbonyl (C=O) groups excluding carboxylic acids is 1. The van der Waals surface area contributed by atoms with E-state index in [4.69, 9.17) is 0 Å². The van der Waals surface area contributed by atoms with Crippen molar-refractivity contribution in [2.45, 2.75) is 13.3 Å². The van der Waals surface area contributed by atoms with E-state index in [1.54, 1.807) is 4.68 Å². The second-order valence-corrected chi connectivity index (χ2v) is 3.16. The van der Waals surface area contributed by atoms with Crippen LogP contribution in [0.1, 0.15) is 12.1 Å². The third kappa shape index (κ3) is 1.26. The predicted octanol–water partition coefficient (Wildman–Crippen LogP) is 0.483. The van der Waals surface area contributed by atoms with Crippen LogP contribution in [-0.2, 0) is 11.8 Å². The molecule has 5 heteroatoms. The lowest BCUT2D eigenvalue weighted by atomic mass is 10.3. The molecule has 0 bridgehead atoms. The first kappa shape index (κ1) is 8.10. The number of anilines is 2. The number of hydrogen-bond donors (Lipinski definition) is 2. The van der Waals surface area contributed by atoms with E-state index in [0.717, 1.165) is 17.2 Å². The van der Waals surface area contributed by atoms with Gasteiger partial charge in [0.2, 0.25) is 5.91 Å². The van der Waals surface area contributed by atoms with E-state index in [9.17, 15) is 4.79 Å². The van der Waals surface area contributed by atoms with E-state index in [-0.39, 0.29) is 5.91 Å². The van der Waals surface area contributed by atoms with Gasteiger partial charge < -0.3 is 10.6 Å². The number of nitrogens with one attached hydrogen (secondary N) is 2. The van der Waals surface area contributed by atoms with E-state index < -0.39 is 0 Å². The normalized spacial score (nSPS) is 15.7. The molecule has 1 amide bonds.